The van der Waals surface area contributed by atoms with Crippen molar-refractivity contribution in [2.24, 2.45) is 5.92 Å². The highest BCUT2D eigenvalue weighted by Crippen LogP contribution is 2.41. The van der Waals surface area contributed by atoms with Crippen molar-refractivity contribution in [2.75, 3.05) is 5.73 Å². The number of pyridine rings is 1. The number of carboxylic acid groups (broad SMARTS) is 1. The molecule has 1 aromatic heterocycles. The second-order valence-corrected chi connectivity index (χ2v) is 7.49. The highest BCUT2D eigenvalue weighted by molar-refractivity contribution is 5.66. The molecule has 0 saturated heterocycles. The lowest BCUT2D eigenvalue weighted by atomic mass is 9.75. The number of anilines is 1. The molecule has 0 spiro atoms. The Morgan fingerprint density at radius 1 is 1.36 bits per heavy atom. The first-order valence-corrected chi connectivity index (χ1v) is 7.91. The third-order valence-electron chi connectivity index (χ3n) is 4.54. The van der Waals surface area contributed by atoms with Crippen molar-refractivity contribution in [1.82, 2.24) is 9.88 Å². The van der Waals surface area contributed by atoms with E-state index >= 15 is 0 Å². The topological polar surface area (TPSA) is 79.5 Å². The second kappa shape index (κ2) is 6.15. The van der Waals surface area contributed by atoms with Crippen LogP contribution in [0.1, 0.15) is 58.4 Å². The molecule has 3 unspecified atom stereocenters. The largest absolute Gasteiger partial charge is 0.465 e. The molecule has 5 nitrogen and oxygen atoms in total. The van der Waals surface area contributed by atoms with Gasteiger partial charge < -0.3 is 15.7 Å². The van der Waals surface area contributed by atoms with Crippen LogP contribution >= 0.6 is 0 Å². The molecule has 0 aliphatic heterocycles. The summed E-state index contributed by atoms with van der Waals surface area (Å²) in [6.45, 7) is 8.06. The zero-order valence-corrected chi connectivity index (χ0v) is 13.9. The maximum Gasteiger partial charge on any atom is 0.407 e. The normalized spacial score (nSPS) is 25.7. The van der Waals surface area contributed by atoms with Crippen LogP contribution in [-0.4, -0.2) is 32.7 Å². The number of nitrogens with two attached hydrogens (primary N) is 1. The van der Waals surface area contributed by atoms with Crippen LogP contribution in [0.25, 0.3) is 0 Å². The Hall–Kier alpha value is -1.78. The molecule has 3 atom stereocenters. The van der Waals surface area contributed by atoms with Gasteiger partial charge in [0, 0.05) is 17.8 Å². The average molecular weight is 305 g/mol. The zero-order chi connectivity index (χ0) is 16.5. The molecule has 0 bridgehead atoms. The third-order valence-corrected chi connectivity index (χ3v) is 4.54. The van der Waals surface area contributed by atoms with Gasteiger partial charge in [0.15, 0.2) is 0 Å². The van der Waals surface area contributed by atoms with Gasteiger partial charge in [-0.05, 0) is 63.5 Å². The van der Waals surface area contributed by atoms with Gasteiger partial charge in [-0.15, -0.1) is 0 Å². The molecule has 1 saturated carbocycles. The fourth-order valence-electron chi connectivity index (χ4n) is 3.81. The lowest BCUT2D eigenvalue weighted by molar-refractivity contribution is 0.0449. The molecule has 3 N–H and O–H groups in total. The summed E-state index contributed by atoms with van der Waals surface area (Å²) in [4.78, 5) is 17.4. The summed E-state index contributed by atoms with van der Waals surface area (Å²) in [6, 6.07) is 2.00. The molecule has 122 valence electrons. The van der Waals surface area contributed by atoms with E-state index in [2.05, 4.69) is 11.9 Å². The Morgan fingerprint density at radius 3 is 2.59 bits per heavy atom. The molecule has 1 aliphatic rings. The van der Waals surface area contributed by atoms with Crippen LogP contribution in [-0.2, 0) is 0 Å². The number of rotatable bonds is 2. The molecule has 1 fully saturated rings. The second-order valence-electron chi connectivity index (χ2n) is 7.49. The summed E-state index contributed by atoms with van der Waals surface area (Å²) in [5.74, 6) is 0.765. The Balaban J connectivity index is 2.28. The summed E-state index contributed by atoms with van der Waals surface area (Å²) in [5, 5.41) is 9.65. The minimum atomic E-state index is -0.840. The number of aromatic nitrogens is 1. The smallest absolute Gasteiger partial charge is 0.407 e. The lowest BCUT2D eigenvalue weighted by Gasteiger charge is -2.45. The van der Waals surface area contributed by atoms with Crippen LogP contribution in [0.3, 0.4) is 0 Å². The Morgan fingerprint density at radius 2 is 2.05 bits per heavy atom. The van der Waals surface area contributed by atoms with E-state index in [-0.39, 0.29) is 6.04 Å². The molecule has 1 amide bonds. The summed E-state index contributed by atoms with van der Waals surface area (Å²) in [5.41, 5.74) is 7.48. The van der Waals surface area contributed by atoms with Crippen molar-refractivity contribution in [3.05, 3.63) is 24.0 Å². The monoisotopic (exact) mass is 305 g/mol. The maximum atomic E-state index is 11.8. The molecule has 5 heteroatoms. The van der Waals surface area contributed by atoms with Crippen molar-refractivity contribution in [3.63, 3.8) is 0 Å². The van der Waals surface area contributed by atoms with Gasteiger partial charge >= 0.3 is 6.09 Å². The first kappa shape index (κ1) is 16.6. The van der Waals surface area contributed by atoms with E-state index in [1.54, 1.807) is 17.3 Å². The van der Waals surface area contributed by atoms with E-state index in [1.165, 1.54) is 0 Å². The standard InChI is InChI=1S/C17H27N3O2/c1-11-7-12(14-5-6-19-10-15(14)18)9-13(8-11)20(16(21)22)17(2,3)4/h5-6,10-13H,7-9,18H2,1-4H3,(H,21,22). The molecule has 1 aliphatic carbocycles. The van der Waals surface area contributed by atoms with E-state index in [9.17, 15) is 9.90 Å². The minimum Gasteiger partial charge on any atom is -0.465 e. The SMILES string of the molecule is CC1CC(c2ccncc2N)CC(N(C(=O)O)C(C)(C)C)C1. The summed E-state index contributed by atoms with van der Waals surface area (Å²) >= 11 is 0. The van der Waals surface area contributed by atoms with Crippen LogP contribution in [0.5, 0.6) is 0 Å². The van der Waals surface area contributed by atoms with Crippen LogP contribution in [0.4, 0.5) is 10.5 Å². The minimum absolute atomic E-state index is 0.0267. The number of hydrogen-bond donors (Lipinski definition) is 2. The average Bonchev–Trinajstić information content (AvgIpc) is 2.36. The molecule has 0 aromatic carbocycles. The van der Waals surface area contributed by atoms with Crippen molar-refractivity contribution >= 4 is 11.8 Å². The van der Waals surface area contributed by atoms with E-state index in [4.69, 9.17) is 5.73 Å². The highest BCUT2D eigenvalue weighted by atomic mass is 16.4. The quantitative estimate of drug-likeness (QED) is 0.873. The van der Waals surface area contributed by atoms with E-state index in [0.29, 0.717) is 17.5 Å². The zero-order valence-electron chi connectivity index (χ0n) is 13.9. The molecule has 0 radical (unpaired) electrons. The maximum absolute atomic E-state index is 11.8. The first-order chi connectivity index (χ1) is 10.2. The highest BCUT2D eigenvalue weighted by Gasteiger charge is 2.38. The van der Waals surface area contributed by atoms with Crippen molar-refractivity contribution in [1.29, 1.82) is 0 Å². The molecule has 2 rings (SSSR count). The van der Waals surface area contributed by atoms with E-state index in [0.717, 1.165) is 24.8 Å². The predicted octanol–water partition coefficient (Wildman–Crippen LogP) is 3.71. The summed E-state index contributed by atoms with van der Waals surface area (Å²) in [7, 11) is 0. The van der Waals surface area contributed by atoms with Crippen LogP contribution < -0.4 is 5.73 Å². The molecular weight excluding hydrogens is 278 g/mol. The van der Waals surface area contributed by atoms with Crippen molar-refractivity contribution in [3.8, 4) is 0 Å². The number of carbonyl (C=O) groups is 1. The number of amides is 1. The van der Waals surface area contributed by atoms with Crippen LogP contribution in [0, 0.1) is 5.92 Å². The van der Waals surface area contributed by atoms with Gasteiger partial charge in [-0.1, -0.05) is 6.92 Å². The fraction of sp³-hybridized carbons (Fsp3) is 0.647. The number of hydrogen-bond acceptors (Lipinski definition) is 3. The van der Waals surface area contributed by atoms with E-state index in [1.807, 2.05) is 26.8 Å². The Labute approximate surface area is 132 Å². The van der Waals surface area contributed by atoms with Gasteiger partial charge in [0.2, 0.25) is 0 Å². The van der Waals surface area contributed by atoms with Gasteiger partial charge in [-0.25, -0.2) is 4.79 Å². The van der Waals surface area contributed by atoms with Gasteiger partial charge in [-0.3, -0.25) is 4.98 Å². The van der Waals surface area contributed by atoms with Crippen LogP contribution in [0.15, 0.2) is 18.5 Å². The third kappa shape index (κ3) is 3.51. The molecule has 1 aromatic rings. The van der Waals surface area contributed by atoms with Crippen molar-refractivity contribution in [2.45, 2.75) is 64.5 Å². The Bertz CT molecular complexity index is 539. The number of nitrogen functional groups attached to an aromatic ring is 1. The molecule has 22 heavy (non-hydrogen) atoms. The first-order valence-electron chi connectivity index (χ1n) is 7.91. The number of nitrogens with zero attached hydrogens (tertiary/aromatic N) is 2. The van der Waals surface area contributed by atoms with Crippen LogP contribution in [0.2, 0.25) is 0 Å². The molecule has 1 heterocycles. The van der Waals surface area contributed by atoms with Gasteiger partial charge in [0.1, 0.15) is 0 Å². The molecular formula is C17H27N3O2. The van der Waals surface area contributed by atoms with Crippen molar-refractivity contribution < 1.29 is 9.90 Å². The van der Waals surface area contributed by atoms with E-state index < -0.39 is 11.6 Å². The Kier molecular flexibility index (Phi) is 4.63. The van der Waals surface area contributed by atoms with Gasteiger partial charge in [0.05, 0.1) is 11.9 Å². The lowest BCUT2D eigenvalue weighted by Crippen LogP contribution is -2.53. The van der Waals surface area contributed by atoms with Gasteiger partial charge in [-0.2, -0.15) is 0 Å². The summed E-state index contributed by atoms with van der Waals surface area (Å²) in [6.07, 6.45) is 5.38. The fourth-order valence-corrected chi connectivity index (χ4v) is 3.81. The predicted molar refractivity (Wildman–Crippen MR) is 87.8 cm³/mol. The van der Waals surface area contributed by atoms with Gasteiger partial charge in [0.25, 0.3) is 0 Å². The summed E-state index contributed by atoms with van der Waals surface area (Å²) < 4.78 is 0.